The maximum atomic E-state index is 13.3. The molecule has 5 nitrogen and oxygen atoms in total. The monoisotopic (exact) mass is 394 g/mol. The number of carbonyl (C=O) groups is 2. The number of nitrogens with zero attached hydrogens (tertiary/aromatic N) is 1. The highest BCUT2D eigenvalue weighted by atomic mass is 16.5. The molecule has 0 bridgehead atoms. The van der Waals surface area contributed by atoms with Crippen LogP contribution in [-0.2, 0) is 16.1 Å². The first-order valence-corrected chi connectivity index (χ1v) is 10.2. The molecule has 1 aliphatic rings. The van der Waals surface area contributed by atoms with Crippen molar-refractivity contribution in [3.8, 4) is 5.75 Å². The largest absolute Gasteiger partial charge is 0.491 e. The molecule has 0 radical (unpaired) electrons. The maximum Gasteiger partial charge on any atom is 0.240 e. The van der Waals surface area contributed by atoms with E-state index >= 15 is 0 Å². The number of benzene rings is 2. The van der Waals surface area contributed by atoms with E-state index in [4.69, 9.17) is 4.74 Å². The van der Waals surface area contributed by atoms with Gasteiger partial charge in [-0.1, -0.05) is 30.3 Å². The van der Waals surface area contributed by atoms with Crippen LogP contribution in [0.25, 0.3) is 0 Å². The van der Waals surface area contributed by atoms with Crippen LogP contribution in [-0.4, -0.2) is 28.9 Å². The van der Waals surface area contributed by atoms with E-state index in [0.717, 1.165) is 11.3 Å². The van der Waals surface area contributed by atoms with Gasteiger partial charge in [-0.2, -0.15) is 0 Å². The minimum absolute atomic E-state index is 0.0143. The lowest BCUT2D eigenvalue weighted by Gasteiger charge is -2.30. The van der Waals surface area contributed by atoms with Crippen molar-refractivity contribution in [2.24, 2.45) is 5.41 Å². The van der Waals surface area contributed by atoms with Crippen LogP contribution in [0, 0.1) is 5.41 Å². The fourth-order valence-electron chi connectivity index (χ4n) is 3.35. The van der Waals surface area contributed by atoms with Crippen LogP contribution in [0.15, 0.2) is 54.6 Å². The van der Waals surface area contributed by atoms with Gasteiger partial charge in [0.1, 0.15) is 11.2 Å². The molecule has 154 valence electrons. The van der Waals surface area contributed by atoms with Crippen LogP contribution in [0.2, 0.25) is 0 Å². The minimum Gasteiger partial charge on any atom is -0.491 e. The zero-order valence-corrected chi connectivity index (χ0v) is 17.6. The molecule has 2 aromatic rings. The minimum atomic E-state index is -0.952. The van der Waals surface area contributed by atoms with Crippen LogP contribution in [0.4, 0.5) is 5.69 Å². The summed E-state index contributed by atoms with van der Waals surface area (Å²) in [5.41, 5.74) is 0.780. The lowest BCUT2D eigenvalue weighted by molar-refractivity contribution is -0.144. The lowest BCUT2D eigenvalue weighted by atomic mass is 10.0. The van der Waals surface area contributed by atoms with Crippen LogP contribution >= 0.6 is 0 Å². The van der Waals surface area contributed by atoms with E-state index < -0.39 is 5.41 Å². The molecule has 0 aromatic heterocycles. The van der Waals surface area contributed by atoms with E-state index in [1.165, 1.54) is 0 Å². The van der Waals surface area contributed by atoms with E-state index in [1.54, 1.807) is 12.1 Å². The van der Waals surface area contributed by atoms with Gasteiger partial charge in [0, 0.05) is 18.3 Å². The number of ether oxygens (including phenoxy) is 1. The smallest absolute Gasteiger partial charge is 0.240 e. The van der Waals surface area contributed by atoms with Gasteiger partial charge in [0.15, 0.2) is 0 Å². The highest BCUT2D eigenvalue weighted by Crippen LogP contribution is 2.48. The summed E-state index contributed by atoms with van der Waals surface area (Å²) in [6.07, 6.45) is 1.27. The first-order chi connectivity index (χ1) is 13.8. The molecule has 5 heteroatoms. The molecule has 2 aromatic carbocycles. The molecular weight excluding hydrogens is 364 g/mol. The molecule has 0 aliphatic heterocycles. The van der Waals surface area contributed by atoms with Crippen molar-refractivity contribution in [3.63, 3.8) is 0 Å². The normalized spacial score (nSPS) is 14.6. The zero-order chi connectivity index (χ0) is 21.0. The number of hydrogen-bond acceptors (Lipinski definition) is 3. The fourth-order valence-corrected chi connectivity index (χ4v) is 3.35. The number of amides is 2. The quantitative estimate of drug-likeness (QED) is 0.664. The summed E-state index contributed by atoms with van der Waals surface area (Å²) in [6.45, 7) is 8.42. The Balaban J connectivity index is 1.70. The third kappa shape index (κ3) is 4.97. The molecule has 3 rings (SSSR count). The summed E-state index contributed by atoms with van der Waals surface area (Å²) in [6, 6.07) is 17.2. The maximum absolute atomic E-state index is 13.3. The SMILES string of the molecule is CC(C)Oc1ccc(NC(=O)C2(C(=O)N(Cc3ccccc3)C(C)C)CC2)cc1. The second kappa shape index (κ2) is 8.68. The average Bonchev–Trinajstić information content (AvgIpc) is 3.49. The van der Waals surface area contributed by atoms with Crippen LogP contribution in [0.3, 0.4) is 0 Å². The standard InChI is InChI=1S/C24H30N2O3/c1-17(2)26(16-19-8-6-5-7-9-19)23(28)24(14-15-24)22(27)25-20-10-12-21(13-11-20)29-18(3)4/h5-13,17-18H,14-16H2,1-4H3,(H,25,27). The molecule has 1 fully saturated rings. The summed E-state index contributed by atoms with van der Waals surface area (Å²) in [5, 5.41) is 2.92. The van der Waals surface area contributed by atoms with Crippen LogP contribution in [0.5, 0.6) is 5.75 Å². The molecule has 0 saturated heterocycles. The molecule has 2 amide bonds. The molecule has 0 spiro atoms. The van der Waals surface area contributed by atoms with Crippen molar-refractivity contribution >= 4 is 17.5 Å². The Morgan fingerprint density at radius 1 is 1.00 bits per heavy atom. The van der Waals surface area contributed by atoms with Crippen molar-refractivity contribution in [2.75, 3.05) is 5.32 Å². The third-order valence-electron chi connectivity index (χ3n) is 5.16. The Morgan fingerprint density at radius 2 is 1.62 bits per heavy atom. The predicted molar refractivity (Wildman–Crippen MR) is 115 cm³/mol. The van der Waals surface area contributed by atoms with Gasteiger partial charge in [-0.15, -0.1) is 0 Å². The zero-order valence-electron chi connectivity index (χ0n) is 17.6. The Hall–Kier alpha value is -2.82. The first kappa shape index (κ1) is 20.9. The second-order valence-electron chi connectivity index (χ2n) is 8.24. The molecule has 0 heterocycles. The van der Waals surface area contributed by atoms with Crippen molar-refractivity contribution in [2.45, 2.75) is 59.2 Å². The van der Waals surface area contributed by atoms with Gasteiger partial charge >= 0.3 is 0 Å². The third-order valence-corrected chi connectivity index (χ3v) is 5.16. The number of anilines is 1. The highest BCUT2D eigenvalue weighted by Gasteiger charge is 2.58. The number of rotatable bonds is 8. The van der Waals surface area contributed by atoms with Gasteiger partial charge in [-0.3, -0.25) is 9.59 Å². The lowest BCUT2D eigenvalue weighted by Crippen LogP contribution is -2.45. The van der Waals surface area contributed by atoms with Crippen molar-refractivity contribution in [3.05, 3.63) is 60.2 Å². The van der Waals surface area contributed by atoms with E-state index in [1.807, 2.05) is 75.1 Å². The number of carbonyl (C=O) groups excluding carboxylic acids is 2. The van der Waals surface area contributed by atoms with Gasteiger partial charge in [0.25, 0.3) is 0 Å². The Morgan fingerprint density at radius 3 is 2.14 bits per heavy atom. The van der Waals surface area contributed by atoms with E-state index in [-0.39, 0.29) is 24.0 Å². The van der Waals surface area contributed by atoms with Gasteiger partial charge in [-0.05, 0) is 70.4 Å². The van der Waals surface area contributed by atoms with Gasteiger partial charge in [-0.25, -0.2) is 0 Å². The number of hydrogen-bond donors (Lipinski definition) is 1. The molecule has 1 saturated carbocycles. The fraction of sp³-hybridized carbons (Fsp3) is 0.417. The molecular formula is C24H30N2O3. The first-order valence-electron chi connectivity index (χ1n) is 10.2. The molecule has 1 aliphatic carbocycles. The van der Waals surface area contributed by atoms with Gasteiger partial charge < -0.3 is 15.0 Å². The van der Waals surface area contributed by atoms with Gasteiger partial charge in [0.2, 0.25) is 11.8 Å². The summed E-state index contributed by atoms with van der Waals surface area (Å²) in [7, 11) is 0. The average molecular weight is 395 g/mol. The summed E-state index contributed by atoms with van der Waals surface area (Å²) < 4.78 is 5.63. The summed E-state index contributed by atoms with van der Waals surface area (Å²) in [4.78, 5) is 28.1. The summed E-state index contributed by atoms with van der Waals surface area (Å²) >= 11 is 0. The Bertz CT molecular complexity index is 840. The van der Waals surface area contributed by atoms with Crippen LogP contribution < -0.4 is 10.1 Å². The number of nitrogens with one attached hydrogen (secondary N) is 1. The predicted octanol–water partition coefficient (Wildman–Crippen LogP) is 4.63. The van der Waals surface area contributed by atoms with E-state index in [9.17, 15) is 9.59 Å². The van der Waals surface area contributed by atoms with Crippen molar-refractivity contribution in [1.82, 2.24) is 4.90 Å². The van der Waals surface area contributed by atoms with E-state index in [0.29, 0.717) is 25.1 Å². The summed E-state index contributed by atoms with van der Waals surface area (Å²) in [5.74, 6) is 0.441. The Labute approximate surface area is 173 Å². The van der Waals surface area contributed by atoms with E-state index in [2.05, 4.69) is 5.32 Å². The van der Waals surface area contributed by atoms with Crippen molar-refractivity contribution < 1.29 is 14.3 Å². The molecule has 29 heavy (non-hydrogen) atoms. The molecule has 1 N–H and O–H groups in total. The van der Waals surface area contributed by atoms with Crippen molar-refractivity contribution in [1.29, 1.82) is 0 Å². The molecule has 0 unspecified atom stereocenters. The Kier molecular flexibility index (Phi) is 6.26. The second-order valence-corrected chi connectivity index (χ2v) is 8.24. The van der Waals surface area contributed by atoms with Crippen LogP contribution in [0.1, 0.15) is 46.1 Å². The topological polar surface area (TPSA) is 58.6 Å². The van der Waals surface area contributed by atoms with Gasteiger partial charge in [0.05, 0.1) is 6.10 Å². The highest BCUT2D eigenvalue weighted by molar-refractivity contribution is 6.13. The molecule has 0 atom stereocenters.